The molecular formula is C25H23BrFN5O3. The predicted octanol–water partition coefficient (Wildman–Crippen LogP) is 3.90. The Bertz CT molecular complexity index is 1670. The normalized spacial score (nSPS) is 13.3. The Hall–Kier alpha value is -3.66. The fraction of sp³-hybridized carbons (Fsp3) is 0.240. The zero-order chi connectivity index (χ0) is 25.0. The molecule has 180 valence electrons. The van der Waals surface area contributed by atoms with Gasteiger partial charge in [-0.05, 0) is 49.2 Å². The molecule has 2 aromatic carbocycles. The third-order valence-corrected chi connectivity index (χ3v) is 6.66. The molecule has 0 saturated heterocycles. The Labute approximate surface area is 208 Å². The molecule has 0 unspecified atom stereocenters. The third kappa shape index (κ3) is 3.97. The smallest absolute Gasteiger partial charge is 0.337 e. The summed E-state index contributed by atoms with van der Waals surface area (Å²) in [4.78, 5) is 42.3. The highest BCUT2D eigenvalue weighted by atomic mass is 79.9. The van der Waals surface area contributed by atoms with E-state index in [4.69, 9.17) is 0 Å². The molecule has 4 aromatic rings. The molecule has 0 atom stereocenters. The van der Waals surface area contributed by atoms with Crippen LogP contribution in [0.1, 0.15) is 18.9 Å². The van der Waals surface area contributed by atoms with E-state index in [0.29, 0.717) is 23.0 Å². The molecule has 2 heterocycles. The summed E-state index contributed by atoms with van der Waals surface area (Å²) in [5.41, 5.74) is 0.281. The van der Waals surface area contributed by atoms with E-state index in [1.807, 2.05) is 37.2 Å². The van der Waals surface area contributed by atoms with Gasteiger partial charge in [0, 0.05) is 43.4 Å². The van der Waals surface area contributed by atoms with E-state index in [0.717, 1.165) is 5.69 Å². The second-order valence-corrected chi connectivity index (χ2v) is 9.76. The van der Waals surface area contributed by atoms with Crippen molar-refractivity contribution in [1.29, 1.82) is 0 Å². The van der Waals surface area contributed by atoms with E-state index >= 15 is 0 Å². The number of hydrogen-bond donors (Lipinski definition) is 1. The molecule has 2 aromatic heterocycles. The van der Waals surface area contributed by atoms with Crippen LogP contribution in [-0.4, -0.2) is 27.8 Å². The summed E-state index contributed by atoms with van der Waals surface area (Å²) in [6, 6.07) is 12.8. The average Bonchev–Trinajstić information content (AvgIpc) is 3.64. The van der Waals surface area contributed by atoms with Gasteiger partial charge >= 0.3 is 5.69 Å². The summed E-state index contributed by atoms with van der Waals surface area (Å²) >= 11 is 3.23. The number of aryl methyl sites for hydroxylation is 1. The van der Waals surface area contributed by atoms with Gasteiger partial charge in [-0.1, -0.05) is 22.0 Å². The lowest BCUT2D eigenvalue weighted by atomic mass is 10.2. The number of nitrogens with zero attached hydrogens (tertiary/aromatic N) is 4. The van der Waals surface area contributed by atoms with Gasteiger partial charge in [0.25, 0.3) is 11.1 Å². The minimum absolute atomic E-state index is 0.104. The van der Waals surface area contributed by atoms with Gasteiger partial charge in [0.1, 0.15) is 16.9 Å². The summed E-state index contributed by atoms with van der Waals surface area (Å²) in [5.74, 6) is -0.553. The van der Waals surface area contributed by atoms with Gasteiger partial charge in [-0.25, -0.2) is 13.8 Å². The van der Waals surface area contributed by atoms with Crippen molar-refractivity contribution in [1.82, 2.24) is 13.7 Å². The number of halogens is 2. The van der Waals surface area contributed by atoms with Gasteiger partial charge in [-0.3, -0.25) is 18.7 Å². The highest BCUT2D eigenvalue weighted by Crippen LogP contribution is 2.34. The van der Waals surface area contributed by atoms with Crippen LogP contribution in [0.25, 0.3) is 16.7 Å². The summed E-state index contributed by atoms with van der Waals surface area (Å²) in [6.45, 7) is 0. The van der Waals surface area contributed by atoms with E-state index in [1.54, 1.807) is 12.1 Å². The lowest BCUT2D eigenvalue weighted by Crippen LogP contribution is -2.41. The summed E-state index contributed by atoms with van der Waals surface area (Å²) in [6.07, 6.45) is 1.43. The molecule has 1 N–H and O–H groups in total. The van der Waals surface area contributed by atoms with Crippen LogP contribution in [0.2, 0.25) is 0 Å². The molecule has 5 rings (SSSR count). The Morgan fingerprint density at radius 3 is 2.43 bits per heavy atom. The van der Waals surface area contributed by atoms with E-state index in [1.165, 1.54) is 38.9 Å². The number of benzene rings is 2. The molecule has 1 fully saturated rings. The number of aromatic nitrogens is 3. The monoisotopic (exact) mass is 539 g/mol. The molecule has 10 heteroatoms. The van der Waals surface area contributed by atoms with Crippen LogP contribution < -0.4 is 27.0 Å². The maximum absolute atomic E-state index is 14.6. The number of nitrogens with one attached hydrogen (secondary N) is 1. The number of anilines is 3. The second-order valence-electron chi connectivity index (χ2n) is 8.84. The van der Waals surface area contributed by atoms with Gasteiger partial charge in [0.15, 0.2) is 0 Å². The van der Waals surface area contributed by atoms with Crippen LogP contribution >= 0.6 is 15.9 Å². The molecular weight excluding hydrogens is 517 g/mol. The van der Waals surface area contributed by atoms with Gasteiger partial charge in [-0.2, -0.15) is 0 Å². The Morgan fingerprint density at radius 2 is 1.77 bits per heavy atom. The Kier molecular flexibility index (Phi) is 5.63. The second kappa shape index (κ2) is 8.53. The van der Waals surface area contributed by atoms with Crippen LogP contribution in [0.5, 0.6) is 0 Å². The molecule has 1 aliphatic carbocycles. The van der Waals surface area contributed by atoms with E-state index < -0.39 is 22.6 Å². The lowest BCUT2D eigenvalue weighted by Gasteiger charge is -2.20. The highest BCUT2D eigenvalue weighted by molar-refractivity contribution is 9.10. The number of hydrogen-bond acceptors (Lipinski definition) is 5. The maximum Gasteiger partial charge on any atom is 0.337 e. The van der Waals surface area contributed by atoms with E-state index in [9.17, 15) is 18.8 Å². The first-order valence-corrected chi connectivity index (χ1v) is 11.9. The van der Waals surface area contributed by atoms with Crippen LogP contribution in [-0.2, 0) is 7.05 Å². The Balaban J connectivity index is 1.89. The summed E-state index contributed by atoms with van der Waals surface area (Å²) in [7, 11) is 5.28. The highest BCUT2D eigenvalue weighted by Gasteiger charge is 2.31. The predicted molar refractivity (Wildman–Crippen MR) is 139 cm³/mol. The number of pyridine rings is 1. The fourth-order valence-electron chi connectivity index (χ4n) is 4.20. The SMILES string of the molecule is CN(C)c1cccc(-n2c(=O)n(C3CC3)c(=O)c3c(Nc4ccc(Br)cc4F)cc(=O)n(C)c32)c1. The van der Waals surface area contributed by atoms with Crippen LogP contribution in [0.3, 0.4) is 0 Å². The zero-order valence-electron chi connectivity index (χ0n) is 19.4. The van der Waals surface area contributed by atoms with Crippen LogP contribution in [0.15, 0.2) is 67.4 Å². The number of fused-ring (bicyclic) bond motifs is 1. The van der Waals surface area contributed by atoms with Gasteiger partial charge in [0.05, 0.1) is 17.1 Å². The third-order valence-electron chi connectivity index (χ3n) is 6.17. The van der Waals surface area contributed by atoms with Crippen molar-refractivity contribution in [3.63, 3.8) is 0 Å². The van der Waals surface area contributed by atoms with Crippen LogP contribution in [0.4, 0.5) is 21.5 Å². The van der Waals surface area contributed by atoms with E-state index in [2.05, 4.69) is 21.2 Å². The standard InChI is InChI=1S/C25H23BrFN5O3/c1-29(2)16-5-4-6-17(12-16)31-23-22(24(34)32(25(31)35)15-8-9-15)20(13-21(33)30(23)3)28-19-10-7-14(26)11-18(19)27/h4-7,10-13,15,28H,8-9H2,1-3H3. The maximum atomic E-state index is 14.6. The average molecular weight is 540 g/mol. The molecule has 0 spiro atoms. The quantitative estimate of drug-likeness (QED) is 0.416. The summed E-state index contributed by atoms with van der Waals surface area (Å²) in [5, 5.41) is 3.05. The molecule has 1 aliphatic rings. The van der Waals surface area contributed by atoms with Gasteiger partial charge in [0.2, 0.25) is 0 Å². The van der Waals surface area contributed by atoms with Crippen LogP contribution in [0, 0.1) is 5.82 Å². The van der Waals surface area contributed by atoms with Gasteiger partial charge < -0.3 is 10.2 Å². The first kappa shape index (κ1) is 23.1. The molecule has 0 amide bonds. The van der Waals surface area contributed by atoms with Crippen molar-refractivity contribution in [2.24, 2.45) is 7.05 Å². The fourth-order valence-corrected chi connectivity index (χ4v) is 4.53. The van der Waals surface area contributed by atoms with Crippen molar-refractivity contribution in [2.75, 3.05) is 24.3 Å². The minimum atomic E-state index is -0.553. The Morgan fingerprint density at radius 1 is 1.03 bits per heavy atom. The van der Waals surface area contributed by atoms with Crippen molar-refractivity contribution in [2.45, 2.75) is 18.9 Å². The minimum Gasteiger partial charge on any atom is -0.378 e. The largest absolute Gasteiger partial charge is 0.378 e. The molecule has 35 heavy (non-hydrogen) atoms. The first-order valence-electron chi connectivity index (χ1n) is 11.1. The molecule has 1 saturated carbocycles. The molecule has 0 bridgehead atoms. The molecule has 8 nitrogen and oxygen atoms in total. The van der Waals surface area contributed by atoms with Crippen molar-refractivity contribution in [3.8, 4) is 5.69 Å². The summed E-state index contributed by atoms with van der Waals surface area (Å²) < 4.78 is 19.1. The van der Waals surface area contributed by atoms with Crippen molar-refractivity contribution >= 4 is 44.0 Å². The molecule has 0 radical (unpaired) electrons. The lowest BCUT2D eigenvalue weighted by molar-refractivity contribution is 0.630. The number of rotatable bonds is 5. The first-order chi connectivity index (χ1) is 16.7. The van der Waals surface area contributed by atoms with Crippen molar-refractivity contribution < 1.29 is 4.39 Å². The van der Waals surface area contributed by atoms with E-state index in [-0.39, 0.29) is 28.5 Å². The zero-order valence-corrected chi connectivity index (χ0v) is 21.0. The van der Waals surface area contributed by atoms with Crippen molar-refractivity contribution in [3.05, 3.63) is 90.0 Å². The molecule has 0 aliphatic heterocycles. The topological polar surface area (TPSA) is 81.3 Å². The van der Waals surface area contributed by atoms with Gasteiger partial charge in [-0.15, -0.1) is 0 Å².